The van der Waals surface area contributed by atoms with Gasteiger partial charge >= 0.3 is 5.97 Å². The van der Waals surface area contributed by atoms with E-state index in [1.807, 2.05) is 6.07 Å². The molecular formula is C14H11BrO3. The minimum Gasteiger partial charge on any atom is -0.478 e. The molecule has 3 nitrogen and oxygen atoms in total. The molecule has 92 valence electrons. The zero-order valence-electron chi connectivity index (χ0n) is 9.38. The van der Waals surface area contributed by atoms with Crippen LogP contribution in [-0.4, -0.2) is 16.2 Å². The van der Waals surface area contributed by atoms with Crippen LogP contribution in [-0.2, 0) is 0 Å². The Labute approximate surface area is 113 Å². The summed E-state index contributed by atoms with van der Waals surface area (Å²) in [5.74, 6) is -1.05. The van der Waals surface area contributed by atoms with E-state index in [0.29, 0.717) is 11.1 Å². The van der Waals surface area contributed by atoms with Crippen molar-refractivity contribution in [2.24, 2.45) is 0 Å². The third-order valence-corrected chi connectivity index (χ3v) is 3.15. The van der Waals surface area contributed by atoms with Gasteiger partial charge in [0.05, 0.1) is 5.56 Å². The monoisotopic (exact) mass is 306 g/mol. The number of carbonyl (C=O) groups is 1. The number of aromatic carboxylic acids is 1. The summed E-state index contributed by atoms with van der Waals surface area (Å²) in [5.41, 5.74) is 1.15. The van der Waals surface area contributed by atoms with Gasteiger partial charge in [-0.05, 0) is 23.8 Å². The fraction of sp³-hybridized carbons (Fsp3) is 0.0714. The van der Waals surface area contributed by atoms with Crippen LogP contribution in [0.2, 0.25) is 0 Å². The molecule has 2 N–H and O–H groups in total. The van der Waals surface area contributed by atoms with Crippen LogP contribution < -0.4 is 0 Å². The van der Waals surface area contributed by atoms with Gasteiger partial charge in [-0.15, -0.1) is 0 Å². The van der Waals surface area contributed by atoms with E-state index in [9.17, 15) is 9.90 Å². The van der Waals surface area contributed by atoms with Crippen molar-refractivity contribution in [2.45, 2.75) is 6.10 Å². The second kappa shape index (κ2) is 5.33. The summed E-state index contributed by atoms with van der Waals surface area (Å²) in [4.78, 5) is 11.1. The summed E-state index contributed by atoms with van der Waals surface area (Å²) < 4.78 is 0.734. The first-order valence-corrected chi connectivity index (χ1v) is 6.14. The van der Waals surface area contributed by atoms with Crippen LogP contribution >= 0.6 is 15.9 Å². The van der Waals surface area contributed by atoms with Crippen LogP contribution in [0, 0.1) is 0 Å². The number of benzene rings is 2. The number of carboxylic acid groups (broad SMARTS) is 1. The number of hydrogen-bond donors (Lipinski definition) is 2. The molecule has 0 amide bonds. The first-order valence-electron chi connectivity index (χ1n) is 5.35. The average molecular weight is 307 g/mol. The molecule has 0 saturated heterocycles. The van der Waals surface area contributed by atoms with Crippen LogP contribution in [0.5, 0.6) is 0 Å². The quantitative estimate of drug-likeness (QED) is 0.915. The number of hydrogen-bond acceptors (Lipinski definition) is 2. The molecule has 1 atom stereocenters. The lowest BCUT2D eigenvalue weighted by molar-refractivity contribution is 0.0691. The molecular weight excluding hydrogens is 296 g/mol. The largest absolute Gasteiger partial charge is 0.478 e. The Bertz CT molecular complexity index is 567. The Morgan fingerprint density at radius 1 is 1.11 bits per heavy atom. The maximum Gasteiger partial charge on any atom is 0.336 e. The molecule has 0 aliphatic heterocycles. The molecule has 2 aromatic carbocycles. The van der Waals surface area contributed by atoms with Gasteiger partial charge in [-0.3, -0.25) is 0 Å². The zero-order valence-corrected chi connectivity index (χ0v) is 11.0. The van der Waals surface area contributed by atoms with Crippen molar-refractivity contribution < 1.29 is 15.0 Å². The zero-order chi connectivity index (χ0) is 13.1. The topological polar surface area (TPSA) is 57.5 Å². The summed E-state index contributed by atoms with van der Waals surface area (Å²) in [6.07, 6.45) is -0.949. The van der Waals surface area contributed by atoms with Crippen LogP contribution in [0.1, 0.15) is 27.6 Å². The van der Waals surface area contributed by atoms with E-state index in [2.05, 4.69) is 15.9 Å². The molecule has 0 aliphatic rings. The Balaban J connectivity index is 2.50. The van der Waals surface area contributed by atoms with E-state index in [4.69, 9.17) is 5.11 Å². The maximum absolute atomic E-state index is 11.1. The Morgan fingerprint density at radius 3 is 2.39 bits per heavy atom. The number of halogens is 1. The van der Waals surface area contributed by atoms with E-state index in [0.717, 1.165) is 4.47 Å². The highest BCUT2D eigenvalue weighted by molar-refractivity contribution is 9.10. The summed E-state index contributed by atoms with van der Waals surface area (Å²) in [5, 5.41) is 19.4. The third kappa shape index (κ3) is 2.60. The number of carboxylic acids is 1. The van der Waals surface area contributed by atoms with Crippen molar-refractivity contribution in [3.63, 3.8) is 0 Å². The number of aliphatic hydroxyl groups excluding tert-OH is 1. The molecule has 0 fully saturated rings. The van der Waals surface area contributed by atoms with Gasteiger partial charge in [0.2, 0.25) is 0 Å². The van der Waals surface area contributed by atoms with E-state index in [1.165, 1.54) is 6.07 Å². The van der Waals surface area contributed by atoms with Crippen LogP contribution in [0.4, 0.5) is 0 Å². The van der Waals surface area contributed by atoms with Crippen molar-refractivity contribution in [3.05, 3.63) is 69.7 Å². The van der Waals surface area contributed by atoms with Gasteiger partial charge < -0.3 is 10.2 Å². The van der Waals surface area contributed by atoms with Crippen LogP contribution in [0.3, 0.4) is 0 Å². The van der Waals surface area contributed by atoms with Crippen molar-refractivity contribution in [1.29, 1.82) is 0 Å². The van der Waals surface area contributed by atoms with E-state index in [1.54, 1.807) is 36.4 Å². The summed E-state index contributed by atoms with van der Waals surface area (Å²) in [6, 6.07) is 13.7. The molecule has 0 radical (unpaired) electrons. The van der Waals surface area contributed by atoms with Crippen LogP contribution in [0.15, 0.2) is 53.0 Å². The van der Waals surface area contributed by atoms with E-state index in [-0.39, 0.29) is 5.56 Å². The summed E-state index contributed by atoms with van der Waals surface area (Å²) >= 11 is 3.28. The highest BCUT2D eigenvalue weighted by atomic mass is 79.9. The molecule has 1 unspecified atom stereocenters. The molecule has 0 heterocycles. The van der Waals surface area contributed by atoms with Gasteiger partial charge in [-0.1, -0.05) is 46.3 Å². The highest BCUT2D eigenvalue weighted by Crippen LogP contribution is 2.27. The average Bonchev–Trinajstić information content (AvgIpc) is 2.38. The number of aliphatic hydroxyl groups is 1. The summed E-state index contributed by atoms with van der Waals surface area (Å²) in [6.45, 7) is 0. The molecule has 0 bridgehead atoms. The molecule has 2 rings (SSSR count). The molecule has 0 spiro atoms. The minimum atomic E-state index is -1.05. The minimum absolute atomic E-state index is 0.106. The molecule has 2 aromatic rings. The number of rotatable bonds is 3. The SMILES string of the molecule is O=C(O)c1ccc(Br)cc1C(O)c1ccccc1. The van der Waals surface area contributed by atoms with Gasteiger partial charge in [0.25, 0.3) is 0 Å². The first-order chi connectivity index (χ1) is 8.59. The molecule has 0 saturated carbocycles. The lowest BCUT2D eigenvalue weighted by Gasteiger charge is -2.14. The van der Waals surface area contributed by atoms with Gasteiger partial charge in [0.1, 0.15) is 6.10 Å². The standard InChI is InChI=1S/C14H11BrO3/c15-10-6-7-11(14(17)18)12(8-10)13(16)9-4-2-1-3-5-9/h1-8,13,16H,(H,17,18). The van der Waals surface area contributed by atoms with E-state index >= 15 is 0 Å². The van der Waals surface area contributed by atoms with Gasteiger partial charge in [-0.2, -0.15) is 0 Å². The van der Waals surface area contributed by atoms with Gasteiger partial charge in [0, 0.05) is 10.0 Å². The maximum atomic E-state index is 11.1. The van der Waals surface area contributed by atoms with Crippen molar-refractivity contribution in [1.82, 2.24) is 0 Å². The first kappa shape index (κ1) is 12.8. The molecule has 0 aromatic heterocycles. The van der Waals surface area contributed by atoms with Gasteiger partial charge in [0.15, 0.2) is 0 Å². The molecule has 18 heavy (non-hydrogen) atoms. The Hall–Kier alpha value is -1.65. The van der Waals surface area contributed by atoms with Crippen molar-refractivity contribution in [3.8, 4) is 0 Å². The third-order valence-electron chi connectivity index (χ3n) is 2.65. The predicted molar refractivity (Wildman–Crippen MR) is 71.6 cm³/mol. The Morgan fingerprint density at radius 2 is 1.78 bits per heavy atom. The van der Waals surface area contributed by atoms with Gasteiger partial charge in [-0.25, -0.2) is 4.79 Å². The Kier molecular flexibility index (Phi) is 3.79. The fourth-order valence-corrected chi connectivity index (χ4v) is 2.15. The van der Waals surface area contributed by atoms with Crippen molar-refractivity contribution >= 4 is 21.9 Å². The predicted octanol–water partition coefficient (Wildman–Crippen LogP) is 3.23. The fourth-order valence-electron chi connectivity index (χ4n) is 1.77. The lowest BCUT2D eigenvalue weighted by atomic mass is 9.97. The smallest absolute Gasteiger partial charge is 0.336 e. The second-order valence-electron chi connectivity index (χ2n) is 3.85. The lowest BCUT2D eigenvalue weighted by Crippen LogP contribution is -2.08. The van der Waals surface area contributed by atoms with E-state index < -0.39 is 12.1 Å². The molecule has 0 aliphatic carbocycles. The van der Waals surface area contributed by atoms with Crippen molar-refractivity contribution in [2.75, 3.05) is 0 Å². The normalized spacial score (nSPS) is 12.1. The molecule has 4 heteroatoms. The highest BCUT2D eigenvalue weighted by Gasteiger charge is 2.18. The summed E-state index contributed by atoms with van der Waals surface area (Å²) in [7, 11) is 0. The van der Waals surface area contributed by atoms with Crippen LogP contribution in [0.25, 0.3) is 0 Å². The second-order valence-corrected chi connectivity index (χ2v) is 4.77.